The van der Waals surface area contributed by atoms with E-state index in [2.05, 4.69) is 10.1 Å². The zero-order valence-electron chi connectivity index (χ0n) is 9.86. The summed E-state index contributed by atoms with van der Waals surface area (Å²) >= 11 is 0. The van der Waals surface area contributed by atoms with E-state index in [0.29, 0.717) is 17.9 Å². The third kappa shape index (κ3) is 2.70. The van der Waals surface area contributed by atoms with Gasteiger partial charge in [-0.1, -0.05) is 12.1 Å². The molecular weight excluding hydrogens is 240 g/mol. The lowest BCUT2D eigenvalue weighted by molar-refractivity contribution is 0.368. The van der Waals surface area contributed by atoms with Gasteiger partial charge in [0.1, 0.15) is 0 Å². The molecule has 0 radical (unpaired) electrons. The van der Waals surface area contributed by atoms with Gasteiger partial charge in [-0.15, -0.1) is 0 Å². The quantitative estimate of drug-likeness (QED) is 0.907. The van der Waals surface area contributed by atoms with Crippen molar-refractivity contribution in [3.63, 3.8) is 0 Å². The topological polar surface area (TPSA) is 64.9 Å². The number of nitrogens with zero attached hydrogens (tertiary/aromatic N) is 2. The fourth-order valence-electron chi connectivity index (χ4n) is 1.46. The van der Waals surface area contributed by atoms with Gasteiger partial charge in [0.25, 0.3) is 0 Å². The van der Waals surface area contributed by atoms with Gasteiger partial charge in [-0.05, 0) is 24.6 Å². The number of rotatable bonds is 4. The maximum absolute atomic E-state index is 13.1. The second-order valence-electron chi connectivity index (χ2n) is 4.01. The average molecular weight is 253 g/mol. The van der Waals surface area contributed by atoms with E-state index in [1.165, 1.54) is 6.07 Å². The van der Waals surface area contributed by atoms with Crippen LogP contribution in [-0.4, -0.2) is 16.2 Å². The SMILES string of the molecule is CCC(N)Cc1nc(-c2ccc(F)c(F)c2)no1. The van der Waals surface area contributed by atoms with Crippen molar-refractivity contribution in [3.8, 4) is 11.4 Å². The molecule has 0 bridgehead atoms. The maximum Gasteiger partial charge on any atom is 0.228 e. The van der Waals surface area contributed by atoms with Crippen LogP contribution in [0, 0.1) is 11.6 Å². The lowest BCUT2D eigenvalue weighted by Gasteiger charge is -2.02. The van der Waals surface area contributed by atoms with Crippen molar-refractivity contribution in [2.24, 2.45) is 5.73 Å². The predicted octanol–water partition coefficient (Wildman–Crippen LogP) is 2.29. The third-order valence-electron chi connectivity index (χ3n) is 2.61. The van der Waals surface area contributed by atoms with E-state index in [1.807, 2.05) is 6.92 Å². The van der Waals surface area contributed by atoms with Gasteiger partial charge in [-0.2, -0.15) is 4.98 Å². The van der Waals surface area contributed by atoms with Crippen molar-refractivity contribution in [2.75, 3.05) is 0 Å². The molecule has 1 aromatic carbocycles. The average Bonchev–Trinajstić information content (AvgIpc) is 2.81. The van der Waals surface area contributed by atoms with Crippen LogP contribution in [0.15, 0.2) is 22.7 Å². The highest BCUT2D eigenvalue weighted by Gasteiger charge is 2.13. The molecule has 1 aromatic heterocycles. The number of hydrogen-bond donors (Lipinski definition) is 1. The summed E-state index contributed by atoms with van der Waals surface area (Å²) in [5.74, 6) is -1.23. The largest absolute Gasteiger partial charge is 0.339 e. The third-order valence-corrected chi connectivity index (χ3v) is 2.61. The fraction of sp³-hybridized carbons (Fsp3) is 0.333. The summed E-state index contributed by atoms with van der Waals surface area (Å²) in [5, 5.41) is 3.71. The normalized spacial score (nSPS) is 12.7. The Balaban J connectivity index is 2.21. The van der Waals surface area contributed by atoms with E-state index in [0.717, 1.165) is 18.6 Å². The molecule has 1 unspecified atom stereocenters. The summed E-state index contributed by atoms with van der Waals surface area (Å²) in [6, 6.07) is 3.40. The van der Waals surface area contributed by atoms with Crippen LogP contribution in [0.5, 0.6) is 0 Å². The Bertz CT molecular complexity index is 542. The van der Waals surface area contributed by atoms with Crippen LogP contribution in [0.25, 0.3) is 11.4 Å². The molecule has 2 N–H and O–H groups in total. The Hall–Kier alpha value is -1.82. The van der Waals surface area contributed by atoms with Gasteiger partial charge in [0.2, 0.25) is 11.7 Å². The van der Waals surface area contributed by atoms with E-state index in [-0.39, 0.29) is 11.9 Å². The van der Waals surface area contributed by atoms with Gasteiger partial charge in [0.15, 0.2) is 11.6 Å². The van der Waals surface area contributed by atoms with Crippen molar-refractivity contribution >= 4 is 0 Å². The number of aromatic nitrogens is 2. The van der Waals surface area contributed by atoms with Gasteiger partial charge >= 0.3 is 0 Å². The van der Waals surface area contributed by atoms with Crippen molar-refractivity contribution < 1.29 is 13.3 Å². The van der Waals surface area contributed by atoms with Crippen LogP contribution in [-0.2, 0) is 6.42 Å². The molecule has 18 heavy (non-hydrogen) atoms. The number of nitrogens with two attached hydrogens (primary N) is 1. The Morgan fingerprint density at radius 1 is 1.33 bits per heavy atom. The second-order valence-corrected chi connectivity index (χ2v) is 4.01. The standard InChI is InChI=1S/C12H13F2N3O/c1-2-8(15)6-11-16-12(17-18-11)7-3-4-9(13)10(14)5-7/h3-5,8H,2,6,15H2,1H3. The minimum atomic E-state index is -0.941. The first-order valence-corrected chi connectivity index (χ1v) is 5.63. The molecule has 0 fully saturated rings. The van der Waals surface area contributed by atoms with Crippen LogP contribution in [0.1, 0.15) is 19.2 Å². The first-order chi connectivity index (χ1) is 8.60. The number of hydrogen-bond acceptors (Lipinski definition) is 4. The van der Waals surface area contributed by atoms with Gasteiger partial charge in [0.05, 0.1) is 0 Å². The molecule has 2 aromatic rings. The maximum atomic E-state index is 13.1. The molecule has 0 aliphatic rings. The monoisotopic (exact) mass is 253 g/mol. The summed E-state index contributed by atoms with van der Waals surface area (Å²) in [6.45, 7) is 1.96. The van der Waals surface area contributed by atoms with E-state index < -0.39 is 11.6 Å². The van der Waals surface area contributed by atoms with E-state index in [9.17, 15) is 8.78 Å². The summed E-state index contributed by atoms with van der Waals surface area (Å²) in [6.07, 6.45) is 1.26. The van der Waals surface area contributed by atoms with Crippen LogP contribution in [0.2, 0.25) is 0 Å². The van der Waals surface area contributed by atoms with E-state index in [4.69, 9.17) is 10.3 Å². The van der Waals surface area contributed by atoms with Crippen molar-refractivity contribution in [1.29, 1.82) is 0 Å². The summed E-state index contributed by atoms with van der Waals surface area (Å²) in [4.78, 5) is 4.09. The molecule has 0 amide bonds. The Morgan fingerprint density at radius 3 is 2.78 bits per heavy atom. The highest BCUT2D eigenvalue weighted by Crippen LogP contribution is 2.19. The molecule has 0 spiro atoms. The van der Waals surface area contributed by atoms with Crippen molar-refractivity contribution in [1.82, 2.24) is 10.1 Å². The van der Waals surface area contributed by atoms with Crippen molar-refractivity contribution in [2.45, 2.75) is 25.8 Å². The van der Waals surface area contributed by atoms with Crippen LogP contribution in [0.4, 0.5) is 8.78 Å². The predicted molar refractivity (Wildman–Crippen MR) is 61.6 cm³/mol. The molecule has 0 aliphatic carbocycles. The second kappa shape index (κ2) is 5.22. The first kappa shape index (κ1) is 12.6. The van der Waals surface area contributed by atoms with Gasteiger partial charge in [-0.25, -0.2) is 8.78 Å². The molecule has 96 valence electrons. The number of benzene rings is 1. The Morgan fingerprint density at radius 2 is 2.11 bits per heavy atom. The molecule has 2 rings (SSSR count). The Labute approximate surface area is 103 Å². The zero-order chi connectivity index (χ0) is 13.1. The lowest BCUT2D eigenvalue weighted by Crippen LogP contribution is -2.21. The van der Waals surface area contributed by atoms with Crippen LogP contribution >= 0.6 is 0 Å². The molecule has 6 heteroatoms. The first-order valence-electron chi connectivity index (χ1n) is 5.63. The van der Waals surface area contributed by atoms with E-state index >= 15 is 0 Å². The molecule has 1 heterocycles. The molecule has 1 atom stereocenters. The summed E-state index contributed by atoms with van der Waals surface area (Å²) in [5.41, 5.74) is 6.13. The van der Waals surface area contributed by atoms with Gasteiger partial charge in [-0.3, -0.25) is 0 Å². The lowest BCUT2D eigenvalue weighted by atomic mass is 10.2. The molecule has 4 nitrogen and oxygen atoms in total. The Kier molecular flexibility index (Phi) is 3.66. The van der Waals surface area contributed by atoms with E-state index in [1.54, 1.807) is 0 Å². The van der Waals surface area contributed by atoms with Crippen molar-refractivity contribution in [3.05, 3.63) is 35.7 Å². The molecule has 0 saturated carbocycles. The molecular formula is C12H13F2N3O. The number of halogens is 2. The minimum absolute atomic E-state index is 0.0525. The smallest absolute Gasteiger partial charge is 0.228 e. The highest BCUT2D eigenvalue weighted by atomic mass is 19.2. The zero-order valence-corrected chi connectivity index (χ0v) is 9.86. The highest BCUT2D eigenvalue weighted by molar-refractivity contribution is 5.54. The summed E-state index contributed by atoms with van der Waals surface area (Å²) < 4.78 is 30.8. The van der Waals surface area contributed by atoms with Crippen LogP contribution < -0.4 is 5.73 Å². The molecule has 0 aliphatic heterocycles. The fourth-order valence-corrected chi connectivity index (χ4v) is 1.46. The van der Waals surface area contributed by atoms with Gasteiger partial charge < -0.3 is 10.3 Å². The molecule has 0 saturated heterocycles. The van der Waals surface area contributed by atoms with Gasteiger partial charge in [0, 0.05) is 18.0 Å². The van der Waals surface area contributed by atoms with Crippen LogP contribution in [0.3, 0.4) is 0 Å². The summed E-state index contributed by atoms with van der Waals surface area (Å²) in [7, 11) is 0. The minimum Gasteiger partial charge on any atom is -0.339 e.